The summed E-state index contributed by atoms with van der Waals surface area (Å²) in [7, 11) is -3.14. The first-order chi connectivity index (χ1) is 5.54. The van der Waals surface area contributed by atoms with Crippen LogP contribution in [0.15, 0.2) is 24.3 Å². The molecule has 0 aliphatic carbocycles. The molecular formula is C7H7O4P-2. The van der Waals surface area contributed by atoms with Gasteiger partial charge >= 0.3 is 0 Å². The minimum absolute atomic E-state index is 0.219. The van der Waals surface area contributed by atoms with Crippen LogP contribution < -0.4 is 19.8 Å². The van der Waals surface area contributed by atoms with Crippen LogP contribution in [0.25, 0.3) is 0 Å². The summed E-state index contributed by atoms with van der Waals surface area (Å²) in [5.41, 5.74) is 0. The lowest BCUT2D eigenvalue weighted by atomic mass is 10.3. The van der Waals surface area contributed by atoms with Gasteiger partial charge in [-0.2, -0.15) is 0 Å². The fraction of sp³-hybridized carbons (Fsp3) is 0.143. The average molecular weight is 186 g/mol. The Hall–Kier alpha value is -0.830. The van der Waals surface area contributed by atoms with Gasteiger partial charge in [0.1, 0.15) is 5.75 Å². The Morgan fingerprint density at radius 2 is 1.75 bits per heavy atom. The molecule has 0 aliphatic rings. The van der Waals surface area contributed by atoms with Crippen LogP contribution in [0.4, 0.5) is 0 Å². The Morgan fingerprint density at radius 3 is 2.08 bits per heavy atom. The zero-order chi connectivity index (χ0) is 9.19. The van der Waals surface area contributed by atoms with E-state index in [2.05, 4.69) is 0 Å². The predicted molar refractivity (Wildman–Crippen MR) is 40.2 cm³/mol. The lowest BCUT2D eigenvalue weighted by molar-refractivity contribution is -0.307. The molecule has 0 radical (unpaired) electrons. The second-order valence-electron chi connectivity index (χ2n) is 2.20. The van der Waals surface area contributed by atoms with Crippen LogP contribution in [0, 0.1) is 0 Å². The number of methoxy groups -OCH3 is 1. The number of benzene rings is 1. The summed E-state index contributed by atoms with van der Waals surface area (Å²) in [4.78, 5) is 20.9. The van der Waals surface area contributed by atoms with Gasteiger partial charge in [-0.05, 0) is 25.0 Å². The van der Waals surface area contributed by atoms with E-state index in [1.807, 2.05) is 0 Å². The molecule has 0 spiro atoms. The van der Waals surface area contributed by atoms with Gasteiger partial charge in [-0.3, -0.25) is 0 Å². The van der Waals surface area contributed by atoms with E-state index in [4.69, 9.17) is 4.74 Å². The van der Waals surface area contributed by atoms with Gasteiger partial charge < -0.3 is 19.1 Å². The molecule has 5 heteroatoms. The summed E-state index contributed by atoms with van der Waals surface area (Å²) < 4.78 is 15.3. The lowest BCUT2D eigenvalue weighted by Crippen LogP contribution is -2.24. The molecule has 0 heterocycles. The molecule has 0 aromatic heterocycles. The van der Waals surface area contributed by atoms with Crippen LogP contribution in [0.5, 0.6) is 5.75 Å². The van der Waals surface area contributed by atoms with E-state index in [0.717, 1.165) is 0 Å². The Morgan fingerprint density at radius 1 is 1.25 bits per heavy atom. The first kappa shape index (κ1) is 9.26. The molecule has 0 aliphatic heterocycles. The van der Waals surface area contributed by atoms with Crippen molar-refractivity contribution in [2.75, 3.05) is 7.11 Å². The Labute approximate surface area is 70.0 Å². The van der Waals surface area contributed by atoms with Crippen LogP contribution in [-0.4, -0.2) is 7.11 Å². The molecule has 0 unspecified atom stereocenters. The molecule has 0 fully saturated rings. The zero-order valence-electron chi connectivity index (χ0n) is 6.39. The topological polar surface area (TPSA) is 72.4 Å². The molecule has 1 rings (SSSR count). The molecule has 12 heavy (non-hydrogen) atoms. The van der Waals surface area contributed by atoms with Crippen LogP contribution in [0.2, 0.25) is 0 Å². The maximum Gasteiger partial charge on any atom is 0.118 e. The highest BCUT2D eigenvalue weighted by molar-refractivity contribution is 7.57. The molecule has 0 bridgehead atoms. The number of hydrogen-bond acceptors (Lipinski definition) is 4. The van der Waals surface area contributed by atoms with Gasteiger partial charge in [-0.15, -0.1) is 0 Å². The molecule has 0 N–H and O–H groups in total. The fourth-order valence-corrected chi connectivity index (χ4v) is 1.28. The van der Waals surface area contributed by atoms with Crippen molar-refractivity contribution in [2.24, 2.45) is 0 Å². The summed E-state index contributed by atoms with van der Waals surface area (Å²) >= 11 is 0. The molecule has 0 atom stereocenters. The van der Waals surface area contributed by atoms with Crippen molar-refractivity contribution in [1.29, 1.82) is 0 Å². The van der Waals surface area contributed by atoms with Crippen molar-refractivity contribution >= 4 is 12.9 Å². The zero-order valence-corrected chi connectivity index (χ0v) is 7.28. The smallest absolute Gasteiger partial charge is 0.118 e. The van der Waals surface area contributed by atoms with E-state index in [9.17, 15) is 14.4 Å². The van der Waals surface area contributed by atoms with Gasteiger partial charge in [-0.1, -0.05) is 12.1 Å². The Bertz CT molecular complexity index is 300. The van der Waals surface area contributed by atoms with Gasteiger partial charge in [0, 0.05) is 0 Å². The van der Waals surface area contributed by atoms with Crippen molar-refractivity contribution in [3.8, 4) is 5.75 Å². The van der Waals surface area contributed by atoms with E-state index in [-0.39, 0.29) is 5.30 Å². The lowest BCUT2D eigenvalue weighted by Gasteiger charge is -2.29. The maximum absolute atomic E-state index is 10.5. The number of ether oxygens (including phenoxy) is 1. The molecule has 0 amide bonds. The molecule has 1 aromatic rings. The monoisotopic (exact) mass is 186 g/mol. The molecule has 0 saturated carbocycles. The van der Waals surface area contributed by atoms with Gasteiger partial charge in [0.25, 0.3) is 0 Å². The minimum Gasteiger partial charge on any atom is -0.807 e. The van der Waals surface area contributed by atoms with Crippen molar-refractivity contribution in [3.05, 3.63) is 24.3 Å². The van der Waals surface area contributed by atoms with E-state index in [1.54, 1.807) is 0 Å². The van der Waals surface area contributed by atoms with Crippen molar-refractivity contribution < 1.29 is 19.1 Å². The minimum atomic E-state index is -4.60. The third-order valence-corrected chi connectivity index (χ3v) is 2.32. The normalized spacial score (nSPS) is 11.2. The quantitative estimate of drug-likeness (QED) is 0.569. The molecule has 0 saturated heterocycles. The van der Waals surface area contributed by atoms with E-state index >= 15 is 0 Å². The van der Waals surface area contributed by atoms with E-state index < -0.39 is 7.60 Å². The van der Waals surface area contributed by atoms with Crippen molar-refractivity contribution in [2.45, 2.75) is 0 Å². The van der Waals surface area contributed by atoms with Gasteiger partial charge in [0.2, 0.25) is 0 Å². The van der Waals surface area contributed by atoms with Gasteiger partial charge in [0.05, 0.1) is 7.11 Å². The first-order valence-electron chi connectivity index (χ1n) is 3.21. The largest absolute Gasteiger partial charge is 0.807 e. The van der Waals surface area contributed by atoms with Crippen LogP contribution in [0.3, 0.4) is 0 Å². The summed E-state index contributed by atoms with van der Waals surface area (Å²) in [6, 6.07) is 5.30. The second-order valence-corrected chi connectivity index (χ2v) is 3.71. The summed E-state index contributed by atoms with van der Waals surface area (Å²) in [6.07, 6.45) is 0. The second kappa shape index (κ2) is 3.27. The van der Waals surface area contributed by atoms with Gasteiger partial charge in [0.15, 0.2) is 0 Å². The molecule has 66 valence electrons. The fourth-order valence-electron chi connectivity index (χ4n) is 0.765. The summed E-state index contributed by atoms with van der Waals surface area (Å²) in [5, 5.41) is -0.219. The van der Waals surface area contributed by atoms with Crippen molar-refractivity contribution in [3.63, 3.8) is 0 Å². The average Bonchev–Trinajstić information content (AvgIpc) is 2.03. The van der Waals surface area contributed by atoms with Crippen LogP contribution in [-0.2, 0) is 4.57 Å². The predicted octanol–water partition coefficient (Wildman–Crippen LogP) is -0.766. The number of hydrogen-bond donors (Lipinski definition) is 0. The van der Waals surface area contributed by atoms with E-state index in [0.29, 0.717) is 5.75 Å². The third-order valence-electron chi connectivity index (χ3n) is 1.39. The molecular weight excluding hydrogens is 179 g/mol. The van der Waals surface area contributed by atoms with Crippen molar-refractivity contribution in [1.82, 2.24) is 0 Å². The van der Waals surface area contributed by atoms with E-state index in [1.165, 1.54) is 31.4 Å². The third kappa shape index (κ3) is 2.08. The Balaban J connectivity index is 3.01. The standard InChI is InChI=1S/C7H9O4P/c1-11-6-2-4-7(5-3-6)12(8,9)10/h2-5H,1H3,(H2,8,9,10)/p-2. The molecule has 4 nitrogen and oxygen atoms in total. The summed E-state index contributed by atoms with van der Waals surface area (Å²) in [6.45, 7) is 0. The van der Waals surface area contributed by atoms with Crippen LogP contribution in [0.1, 0.15) is 0 Å². The maximum atomic E-state index is 10.5. The molecule has 1 aromatic carbocycles. The van der Waals surface area contributed by atoms with Gasteiger partial charge in [-0.25, -0.2) is 0 Å². The number of rotatable bonds is 2. The highest BCUT2D eigenvalue weighted by Gasteiger charge is 1.96. The summed E-state index contributed by atoms with van der Waals surface area (Å²) in [5.74, 6) is 0.521. The highest BCUT2D eigenvalue weighted by Crippen LogP contribution is 2.22. The Kier molecular flexibility index (Phi) is 2.52. The first-order valence-corrected chi connectivity index (χ1v) is 4.75. The van der Waals surface area contributed by atoms with Crippen LogP contribution >= 0.6 is 7.60 Å². The SMILES string of the molecule is COc1ccc(P(=O)([O-])[O-])cc1. The highest BCUT2D eigenvalue weighted by atomic mass is 31.2.